The normalized spacial score (nSPS) is 14.6. The van der Waals surface area contributed by atoms with Crippen molar-refractivity contribution < 1.29 is 9.18 Å². The molecule has 2 N–H and O–H groups in total. The van der Waals surface area contributed by atoms with E-state index in [1.54, 1.807) is 11.9 Å². The maximum atomic E-state index is 13.3. The molecule has 0 aliphatic heterocycles. The van der Waals surface area contributed by atoms with Gasteiger partial charge in [0.15, 0.2) is 0 Å². The Balaban J connectivity index is 2.17. The van der Waals surface area contributed by atoms with Crippen LogP contribution < -0.4 is 5.73 Å². The predicted molar refractivity (Wildman–Crippen MR) is 81.3 cm³/mol. The van der Waals surface area contributed by atoms with Gasteiger partial charge in [0.05, 0.1) is 12.1 Å². The van der Waals surface area contributed by atoms with Crippen molar-refractivity contribution in [3.8, 4) is 11.8 Å². The molecule has 1 aliphatic rings. The summed E-state index contributed by atoms with van der Waals surface area (Å²) in [5.74, 6) is 5.54. The number of carbonyl (C=O) groups excluding carboxylic acids is 1. The smallest absolute Gasteiger partial charge is 0.254 e. The van der Waals surface area contributed by atoms with Gasteiger partial charge in [-0.15, -0.1) is 0 Å². The molecule has 1 amide bonds. The fraction of sp³-hybridized carbons (Fsp3) is 0.471. The Labute approximate surface area is 125 Å². The number of carbonyl (C=O) groups is 1. The number of amides is 1. The lowest BCUT2D eigenvalue weighted by Gasteiger charge is -2.21. The molecule has 21 heavy (non-hydrogen) atoms. The first-order valence-electron chi connectivity index (χ1n) is 7.35. The van der Waals surface area contributed by atoms with Crippen LogP contribution in [0.4, 0.5) is 4.39 Å². The molecule has 0 aromatic heterocycles. The second kappa shape index (κ2) is 7.24. The summed E-state index contributed by atoms with van der Waals surface area (Å²) in [5.41, 5.74) is 6.20. The zero-order chi connectivity index (χ0) is 15.2. The molecule has 1 aromatic carbocycles. The molecule has 0 radical (unpaired) electrons. The van der Waals surface area contributed by atoms with E-state index in [1.165, 1.54) is 43.9 Å². The van der Waals surface area contributed by atoms with Gasteiger partial charge in [-0.1, -0.05) is 24.7 Å². The summed E-state index contributed by atoms with van der Waals surface area (Å²) in [6, 6.07) is 4.09. The lowest BCUT2D eigenvalue weighted by Crippen LogP contribution is -2.31. The Morgan fingerprint density at radius 2 is 2.14 bits per heavy atom. The number of rotatable bonds is 3. The van der Waals surface area contributed by atoms with Crippen molar-refractivity contribution in [1.29, 1.82) is 0 Å². The van der Waals surface area contributed by atoms with Gasteiger partial charge in [-0.3, -0.25) is 4.79 Å². The molecule has 1 aliphatic carbocycles. The van der Waals surface area contributed by atoms with Crippen molar-refractivity contribution in [2.45, 2.75) is 25.7 Å². The van der Waals surface area contributed by atoms with Crippen LogP contribution >= 0.6 is 0 Å². The van der Waals surface area contributed by atoms with Crippen molar-refractivity contribution in [2.24, 2.45) is 11.7 Å². The van der Waals surface area contributed by atoms with Gasteiger partial charge in [-0.2, -0.15) is 0 Å². The fourth-order valence-corrected chi connectivity index (χ4v) is 2.82. The van der Waals surface area contributed by atoms with Crippen LogP contribution in [0.5, 0.6) is 0 Å². The minimum absolute atomic E-state index is 0.108. The Morgan fingerprint density at radius 3 is 2.81 bits per heavy atom. The molecule has 3 nitrogen and oxygen atoms in total. The van der Waals surface area contributed by atoms with Gasteiger partial charge in [0.1, 0.15) is 5.82 Å². The molecule has 4 heteroatoms. The zero-order valence-electron chi connectivity index (χ0n) is 12.4. The van der Waals surface area contributed by atoms with Crippen molar-refractivity contribution in [1.82, 2.24) is 4.90 Å². The van der Waals surface area contributed by atoms with Crippen LogP contribution in [0.1, 0.15) is 41.6 Å². The van der Waals surface area contributed by atoms with Crippen LogP contribution in [-0.4, -0.2) is 30.9 Å². The lowest BCUT2D eigenvalue weighted by molar-refractivity contribution is 0.0773. The third-order valence-corrected chi connectivity index (χ3v) is 3.89. The second-order valence-electron chi connectivity index (χ2n) is 5.53. The van der Waals surface area contributed by atoms with Crippen molar-refractivity contribution >= 4 is 5.91 Å². The average Bonchev–Trinajstić information content (AvgIpc) is 2.97. The first-order chi connectivity index (χ1) is 10.1. The number of benzene rings is 1. The summed E-state index contributed by atoms with van der Waals surface area (Å²) >= 11 is 0. The largest absolute Gasteiger partial charge is 0.341 e. The van der Waals surface area contributed by atoms with Crippen LogP contribution in [0.25, 0.3) is 0 Å². The highest BCUT2D eigenvalue weighted by atomic mass is 19.1. The third kappa shape index (κ3) is 4.05. The summed E-state index contributed by atoms with van der Waals surface area (Å²) in [4.78, 5) is 14.3. The van der Waals surface area contributed by atoms with E-state index < -0.39 is 5.82 Å². The average molecular weight is 288 g/mol. The highest BCUT2D eigenvalue weighted by Gasteiger charge is 2.21. The van der Waals surface area contributed by atoms with E-state index >= 15 is 0 Å². The first kappa shape index (κ1) is 15.5. The van der Waals surface area contributed by atoms with Crippen LogP contribution in [0.3, 0.4) is 0 Å². The Hall–Kier alpha value is -1.86. The Kier molecular flexibility index (Phi) is 5.35. The van der Waals surface area contributed by atoms with E-state index in [2.05, 4.69) is 11.8 Å². The second-order valence-corrected chi connectivity index (χ2v) is 5.53. The van der Waals surface area contributed by atoms with Gasteiger partial charge >= 0.3 is 0 Å². The molecule has 0 atom stereocenters. The van der Waals surface area contributed by atoms with Gasteiger partial charge in [0.25, 0.3) is 5.91 Å². The van der Waals surface area contributed by atoms with Gasteiger partial charge in [0, 0.05) is 19.2 Å². The van der Waals surface area contributed by atoms with Gasteiger partial charge in [0.2, 0.25) is 0 Å². The molecule has 1 saturated carbocycles. The topological polar surface area (TPSA) is 46.3 Å². The number of hydrogen-bond acceptors (Lipinski definition) is 2. The lowest BCUT2D eigenvalue weighted by atomic mass is 10.0. The summed E-state index contributed by atoms with van der Waals surface area (Å²) < 4.78 is 13.3. The number of halogens is 1. The summed E-state index contributed by atoms with van der Waals surface area (Å²) in [5, 5.41) is 0. The molecule has 2 rings (SSSR count). The van der Waals surface area contributed by atoms with Crippen LogP contribution in [-0.2, 0) is 0 Å². The Bertz CT molecular complexity index is 568. The highest BCUT2D eigenvalue weighted by molar-refractivity contribution is 5.96. The van der Waals surface area contributed by atoms with Gasteiger partial charge < -0.3 is 10.6 Å². The van der Waals surface area contributed by atoms with E-state index in [0.29, 0.717) is 17.0 Å². The Morgan fingerprint density at radius 1 is 1.43 bits per heavy atom. The maximum absolute atomic E-state index is 13.3. The highest BCUT2D eigenvalue weighted by Crippen LogP contribution is 2.25. The SMILES string of the molecule is CN(CC1CCCC1)C(=O)c1ccc(F)cc1C#CCN. The molecule has 1 aromatic rings. The van der Waals surface area contributed by atoms with Crippen LogP contribution in [0.15, 0.2) is 18.2 Å². The molecular weight excluding hydrogens is 267 g/mol. The minimum atomic E-state index is -0.397. The first-order valence-corrected chi connectivity index (χ1v) is 7.35. The fourth-order valence-electron chi connectivity index (χ4n) is 2.82. The summed E-state index contributed by atoms with van der Waals surface area (Å²) in [6.45, 7) is 0.933. The molecule has 1 fully saturated rings. The van der Waals surface area contributed by atoms with Crippen LogP contribution in [0.2, 0.25) is 0 Å². The molecule has 0 heterocycles. The maximum Gasteiger partial charge on any atom is 0.254 e. The van der Waals surface area contributed by atoms with E-state index in [-0.39, 0.29) is 12.5 Å². The van der Waals surface area contributed by atoms with E-state index in [1.807, 2.05) is 0 Å². The monoisotopic (exact) mass is 288 g/mol. The standard InChI is InChI=1S/C17H21FN2O/c1-20(12-13-5-2-3-6-13)17(21)16-9-8-15(18)11-14(16)7-4-10-19/h8-9,11,13H,2-3,5-6,10,12,19H2,1H3. The van der Waals surface area contributed by atoms with Gasteiger partial charge in [-0.05, 0) is 37.0 Å². The molecule has 0 bridgehead atoms. The molecule has 0 saturated heterocycles. The van der Waals surface area contributed by atoms with E-state index in [0.717, 1.165) is 6.54 Å². The third-order valence-electron chi connectivity index (χ3n) is 3.89. The van der Waals surface area contributed by atoms with E-state index in [4.69, 9.17) is 5.73 Å². The summed E-state index contributed by atoms with van der Waals surface area (Å²) in [7, 11) is 1.80. The molecule has 0 spiro atoms. The van der Waals surface area contributed by atoms with Crippen molar-refractivity contribution in [2.75, 3.05) is 20.1 Å². The zero-order valence-corrected chi connectivity index (χ0v) is 12.4. The predicted octanol–water partition coefficient (Wildman–Crippen LogP) is 2.40. The quantitative estimate of drug-likeness (QED) is 0.868. The molecular formula is C17H21FN2O. The summed E-state index contributed by atoms with van der Waals surface area (Å²) in [6.07, 6.45) is 4.86. The minimum Gasteiger partial charge on any atom is -0.341 e. The number of hydrogen-bond donors (Lipinski definition) is 1. The van der Waals surface area contributed by atoms with E-state index in [9.17, 15) is 9.18 Å². The number of nitrogens with two attached hydrogens (primary N) is 1. The molecule has 112 valence electrons. The molecule has 0 unspecified atom stereocenters. The number of nitrogens with zero attached hydrogens (tertiary/aromatic N) is 1. The van der Waals surface area contributed by atoms with Crippen molar-refractivity contribution in [3.63, 3.8) is 0 Å². The van der Waals surface area contributed by atoms with Gasteiger partial charge in [-0.25, -0.2) is 4.39 Å². The van der Waals surface area contributed by atoms with Crippen molar-refractivity contribution in [3.05, 3.63) is 35.1 Å². The van der Waals surface area contributed by atoms with Crippen LogP contribution in [0, 0.1) is 23.6 Å².